The molecule has 1 aromatic heterocycles. The van der Waals surface area contributed by atoms with E-state index in [2.05, 4.69) is 11.4 Å². The molecular formula is C14H21NO. The SMILES string of the molecule is c1coc(C2(C3CCNC3)CCCCC2)c1. The second-order valence-corrected chi connectivity index (χ2v) is 5.38. The zero-order chi connectivity index (χ0) is 10.8. The van der Waals surface area contributed by atoms with E-state index in [1.165, 1.54) is 57.4 Å². The van der Waals surface area contributed by atoms with Crippen LogP contribution in [-0.4, -0.2) is 13.1 Å². The highest BCUT2D eigenvalue weighted by Crippen LogP contribution is 2.47. The van der Waals surface area contributed by atoms with Crippen LogP contribution in [0.3, 0.4) is 0 Å². The molecule has 16 heavy (non-hydrogen) atoms. The van der Waals surface area contributed by atoms with Gasteiger partial charge in [0.2, 0.25) is 0 Å². The van der Waals surface area contributed by atoms with Gasteiger partial charge in [-0.1, -0.05) is 19.3 Å². The van der Waals surface area contributed by atoms with Crippen molar-refractivity contribution in [3.8, 4) is 0 Å². The average Bonchev–Trinajstić information content (AvgIpc) is 3.04. The summed E-state index contributed by atoms with van der Waals surface area (Å²) >= 11 is 0. The molecule has 2 aliphatic rings. The highest BCUT2D eigenvalue weighted by atomic mass is 16.3. The molecule has 1 saturated heterocycles. The van der Waals surface area contributed by atoms with Crippen LogP contribution in [0, 0.1) is 5.92 Å². The maximum absolute atomic E-state index is 5.76. The molecule has 0 aromatic carbocycles. The number of hydrogen-bond donors (Lipinski definition) is 1. The quantitative estimate of drug-likeness (QED) is 0.827. The number of nitrogens with one attached hydrogen (secondary N) is 1. The topological polar surface area (TPSA) is 25.2 Å². The normalized spacial score (nSPS) is 29.4. The zero-order valence-corrected chi connectivity index (χ0v) is 9.87. The number of furan rings is 1. The summed E-state index contributed by atoms with van der Waals surface area (Å²) in [6, 6.07) is 4.25. The second-order valence-electron chi connectivity index (χ2n) is 5.38. The van der Waals surface area contributed by atoms with E-state index in [1.54, 1.807) is 0 Å². The summed E-state index contributed by atoms with van der Waals surface area (Å²) in [5.41, 5.74) is 0.352. The molecule has 1 saturated carbocycles. The lowest BCUT2D eigenvalue weighted by Gasteiger charge is -2.40. The molecule has 88 valence electrons. The van der Waals surface area contributed by atoms with Gasteiger partial charge in [-0.3, -0.25) is 0 Å². The molecule has 1 N–H and O–H groups in total. The molecular weight excluding hydrogens is 198 g/mol. The average molecular weight is 219 g/mol. The summed E-state index contributed by atoms with van der Waals surface area (Å²) in [6.45, 7) is 2.37. The Morgan fingerprint density at radius 1 is 1.25 bits per heavy atom. The van der Waals surface area contributed by atoms with E-state index in [-0.39, 0.29) is 0 Å². The largest absolute Gasteiger partial charge is 0.469 e. The first-order valence-electron chi connectivity index (χ1n) is 6.66. The molecule has 1 unspecified atom stereocenters. The first kappa shape index (κ1) is 10.4. The third-order valence-electron chi connectivity index (χ3n) is 4.60. The Morgan fingerprint density at radius 3 is 2.75 bits per heavy atom. The summed E-state index contributed by atoms with van der Waals surface area (Å²) < 4.78 is 5.76. The Kier molecular flexibility index (Phi) is 2.76. The molecule has 0 spiro atoms. The minimum absolute atomic E-state index is 0.352. The third-order valence-corrected chi connectivity index (χ3v) is 4.60. The molecule has 2 nitrogen and oxygen atoms in total. The van der Waals surface area contributed by atoms with Crippen molar-refractivity contribution in [1.82, 2.24) is 5.32 Å². The van der Waals surface area contributed by atoms with Crippen LogP contribution in [-0.2, 0) is 5.41 Å². The molecule has 1 aromatic rings. The van der Waals surface area contributed by atoms with Crippen LogP contribution in [0.4, 0.5) is 0 Å². The van der Waals surface area contributed by atoms with Gasteiger partial charge in [-0.2, -0.15) is 0 Å². The van der Waals surface area contributed by atoms with Gasteiger partial charge in [0.15, 0.2) is 0 Å². The van der Waals surface area contributed by atoms with Crippen LogP contribution >= 0.6 is 0 Å². The molecule has 2 fully saturated rings. The molecule has 1 aliphatic heterocycles. The third kappa shape index (κ3) is 1.60. The molecule has 0 radical (unpaired) electrons. The summed E-state index contributed by atoms with van der Waals surface area (Å²) in [5, 5.41) is 3.51. The highest BCUT2D eigenvalue weighted by Gasteiger charge is 2.44. The van der Waals surface area contributed by atoms with Crippen molar-refractivity contribution in [3.05, 3.63) is 24.2 Å². The Balaban J connectivity index is 1.92. The summed E-state index contributed by atoms with van der Waals surface area (Å²) in [7, 11) is 0. The van der Waals surface area contributed by atoms with E-state index >= 15 is 0 Å². The van der Waals surface area contributed by atoms with Gasteiger partial charge in [0, 0.05) is 5.41 Å². The summed E-state index contributed by atoms with van der Waals surface area (Å²) in [4.78, 5) is 0. The Bertz CT molecular complexity index is 319. The molecule has 3 rings (SSSR count). The molecule has 0 bridgehead atoms. The van der Waals surface area contributed by atoms with Gasteiger partial charge in [0.1, 0.15) is 5.76 Å². The molecule has 0 amide bonds. The van der Waals surface area contributed by atoms with E-state index < -0.39 is 0 Å². The second kappa shape index (κ2) is 4.25. The fraction of sp³-hybridized carbons (Fsp3) is 0.714. The van der Waals surface area contributed by atoms with E-state index in [0.717, 1.165) is 5.92 Å². The zero-order valence-electron chi connectivity index (χ0n) is 9.87. The van der Waals surface area contributed by atoms with E-state index in [4.69, 9.17) is 4.42 Å². The summed E-state index contributed by atoms with van der Waals surface area (Å²) in [5.74, 6) is 2.04. The van der Waals surface area contributed by atoms with Crippen molar-refractivity contribution in [2.45, 2.75) is 43.9 Å². The van der Waals surface area contributed by atoms with Crippen molar-refractivity contribution in [3.63, 3.8) is 0 Å². The van der Waals surface area contributed by atoms with Gasteiger partial charge in [-0.15, -0.1) is 0 Å². The minimum atomic E-state index is 0.352. The van der Waals surface area contributed by atoms with Crippen molar-refractivity contribution in [1.29, 1.82) is 0 Å². The highest BCUT2D eigenvalue weighted by molar-refractivity contribution is 5.18. The molecule has 1 aliphatic carbocycles. The lowest BCUT2D eigenvalue weighted by molar-refractivity contribution is 0.168. The first-order valence-corrected chi connectivity index (χ1v) is 6.66. The maximum Gasteiger partial charge on any atom is 0.110 e. The predicted molar refractivity (Wildman–Crippen MR) is 64.4 cm³/mol. The lowest BCUT2D eigenvalue weighted by Crippen LogP contribution is -2.38. The smallest absolute Gasteiger partial charge is 0.110 e. The maximum atomic E-state index is 5.76. The van der Waals surface area contributed by atoms with E-state index in [0.29, 0.717) is 5.41 Å². The van der Waals surface area contributed by atoms with Gasteiger partial charge in [-0.05, 0) is 50.4 Å². The number of hydrogen-bond acceptors (Lipinski definition) is 2. The predicted octanol–water partition coefficient (Wildman–Crippen LogP) is 3.09. The van der Waals surface area contributed by atoms with Gasteiger partial charge >= 0.3 is 0 Å². The first-order chi connectivity index (χ1) is 7.92. The molecule has 2 heteroatoms. The Morgan fingerprint density at radius 2 is 2.12 bits per heavy atom. The molecule has 2 heterocycles. The minimum Gasteiger partial charge on any atom is -0.469 e. The van der Waals surface area contributed by atoms with E-state index in [1.807, 2.05) is 12.3 Å². The Hall–Kier alpha value is -0.760. The Labute approximate surface area is 97.4 Å². The van der Waals surface area contributed by atoms with Gasteiger partial charge in [0.05, 0.1) is 6.26 Å². The van der Waals surface area contributed by atoms with Crippen LogP contribution in [0.25, 0.3) is 0 Å². The lowest BCUT2D eigenvalue weighted by atomic mass is 9.64. The van der Waals surface area contributed by atoms with Gasteiger partial charge in [-0.25, -0.2) is 0 Å². The van der Waals surface area contributed by atoms with Crippen LogP contribution in [0.5, 0.6) is 0 Å². The van der Waals surface area contributed by atoms with Crippen molar-refractivity contribution in [2.75, 3.05) is 13.1 Å². The summed E-state index contributed by atoms with van der Waals surface area (Å²) in [6.07, 6.45) is 9.96. The van der Waals surface area contributed by atoms with Crippen LogP contribution in [0.1, 0.15) is 44.3 Å². The fourth-order valence-electron chi connectivity index (χ4n) is 3.73. The van der Waals surface area contributed by atoms with Gasteiger partial charge < -0.3 is 9.73 Å². The van der Waals surface area contributed by atoms with Crippen molar-refractivity contribution < 1.29 is 4.42 Å². The fourth-order valence-corrected chi connectivity index (χ4v) is 3.73. The van der Waals surface area contributed by atoms with E-state index in [9.17, 15) is 0 Å². The van der Waals surface area contributed by atoms with Crippen molar-refractivity contribution in [2.24, 2.45) is 5.92 Å². The van der Waals surface area contributed by atoms with Gasteiger partial charge in [0.25, 0.3) is 0 Å². The van der Waals surface area contributed by atoms with Crippen molar-refractivity contribution >= 4 is 0 Å². The monoisotopic (exact) mass is 219 g/mol. The van der Waals surface area contributed by atoms with Crippen LogP contribution in [0.15, 0.2) is 22.8 Å². The molecule has 1 atom stereocenters. The standard InChI is InChI=1S/C14H21NO/c1-2-7-14(8-3-1,12-6-9-15-11-12)13-5-4-10-16-13/h4-5,10,12,15H,1-3,6-9,11H2. The van der Waals surface area contributed by atoms with Crippen LogP contribution < -0.4 is 5.32 Å². The number of rotatable bonds is 2. The van der Waals surface area contributed by atoms with Crippen LogP contribution in [0.2, 0.25) is 0 Å².